The van der Waals surface area contributed by atoms with E-state index in [9.17, 15) is 0 Å². The molecule has 0 bridgehead atoms. The van der Waals surface area contributed by atoms with Crippen molar-refractivity contribution in [1.82, 2.24) is 45.4 Å². The maximum absolute atomic E-state index is 5.55. The van der Waals surface area contributed by atoms with Crippen molar-refractivity contribution < 1.29 is 0 Å². The zero-order valence-corrected chi connectivity index (χ0v) is 21.6. The molecule has 0 spiro atoms. The fourth-order valence-electron chi connectivity index (χ4n) is 2.26. The Bertz CT molecular complexity index is 1270. The van der Waals surface area contributed by atoms with Gasteiger partial charge in [-0.05, 0) is 40.8 Å². The highest BCUT2D eigenvalue weighted by Gasteiger charge is 1.97. The van der Waals surface area contributed by atoms with Gasteiger partial charge in [-0.2, -0.15) is 25.6 Å². The van der Waals surface area contributed by atoms with Gasteiger partial charge >= 0.3 is 0 Å². The van der Waals surface area contributed by atoms with Gasteiger partial charge in [-0.3, -0.25) is 20.0 Å². The predicted molar refractivity (Wildman–Crippen MR) is 150 cm³/mol. The van der Waals surface area contributed by atoms with Crippen LogP contribution in [0.1, 0.15) is 0 Å². The van der Waals surface area contributed by atoms with E-state index in [-0.39, 0.29) is 0 Å². The maximum atomic E-state index is 5.55. The lowest BCUT2D eigenvalue weighted by Gasteiger charge is -2.12. The second kappa shape index (κ2) is 15.9. The fourth-order valence-corrected chi connectivity index (χ4v) is 2.78. The van der Waals surface area contributed by atoms with E-state index < -0.39 is 0 Å². The van der Waals surface area contributed by atoms with Crippen LogP contribution in [0.25, 0.3) is 5.69 Å². The topological polar surface area (TPSA) is 244 Å². The Balaban J connectivity index is 0.000000181. The van der Waals surface area contributed by atoms with Crippen molar-refractivity contribution in [1.29, 1.82) is 0 Å². The first-order valence-electron chi connectivity index (χ1n) is 10.2. The van der Waals surface area contributed by atoms with E-state index in [1.165, 1.54) is 22.2 Å². The number of H-pyrrole nitrogens is 1. The molecule has 5 aromatic heterocycles. The molecule has 5 aromatic rings. The van der Waals surface area contributed by atoms with Crippen LogP contribution < -0.4 is 33.8 Å². The molecular weight excluding hydrogens is 589 g/mol. The molecule has 15 nitrogen and oxygen atoms in total. The van der Waals surface area contributed by atoms with Crippen LogP contribution in [-0.2, 0) is 0 Å². The summed E-state index contributed by atoms with van der Waals surface area (Å²) in [5, 5.41) is 18.5. The smallest absolute Gasteiger partial charge is 0.106 e. The number of nitrogens with one attached hydrogen (secondary N) is 1. The van der Waals surface area contributed by atoms with Crippen molar-refractivity contribution in [2.24, 2.45) is 11.6 Å². The van der Waals surface area contributed by atoms with Crippen LogP contribution in [-0.4, -0.2) is 45.4 Å². The minimum Gasteiger partial charge on any atom is -0.403 e. The van der Waals surface area contributed by atoms with Crippen LogP contribution in [0, 0.1) is 3.57 Å². The summed E-state index contributed by atoms with van der Waals surface area (Å²) in [6, 6.07) is 5.33. The molecule has 5 heterocycles. The third-order valence-corrected chi connectivity index (χ3v) is 4.33. The number of hydrazine groups is 1. The summed E-state index contributed by atoms with van der Waals surface area (Å²) in [5.74, 6) is 5.55. The summed E-state index contributed by atoms with van der Waals surface area (Å²) < 4.78 is 1.07. The molecular formula is C21H26IN15. The van der Waals surface area contributed by atoms with Gasteiger partial charge in [0, 0.05) is 40.8 Å². The van der Waals surface area contributed by atoms with Gasteiger partial charge in [-0.15, -0.1) is 4.80 Å². The molecule has 0 amide bonds. The first-order chi connectivity index (χ1) is 17.9. The number of nitrogen functional groups attached to an aromatic ring is 3. The molecule has 37 heavy (non-hydrogen) atoms. The van der Waals surface area contributed by atoms with Gasteiger partial charge in [0.2, 0.25) is 0 Å². The number of pyridine rings is 3. The quantitative estimate of drug-likeness (QED) is 0.0947. The Kier molecular flexibility index (Phi) is 12.2. The number of hydrogen-bond donors (Lipinski definition) is 6. The molecule has 0 aliphatic heterocycles. The first kappa shape index (κ1) is 28.4. The van der Waals surface area contributed by atoms with E-state index in [4.69, 9.17) is 28.8 Å². The molecule has 0 unspecified atom stereocenters. The molecule has 11 N–H and O–H groups in total. The van der Waals surface area contributed by atoms with Gasteiger partial charge in [0.15, 0.2) is 0 Å². The summed E-state index contributed by atoms with van der Waals surface area (Å²) in [4.78, 5) is 13.1. The Morgan fingerprint density at radius 2 is 1.32 bits per heavy atom. The summed E-state index contributed by atoms with van der Waals surface area (Å²) in [6.45, 7) is 0. The van der Waals surface area contributed by atoms with Gasteiger partial charge in [0.25, 0.3) is 0 Å². The highest BCUT2D eigenvalue weighted by atomic mass is 127. The number of nitrogens with two attached hydrogens (primary N) is 5. The highest BCUT2D eigenvalue weighted by Crippen LogP contribution is 2.12. The summed E-state index contributed by atoms with van der Waals surface area (Å²) in [6.07, 6.45) is 19.0. The van der Waals surface area contributed by atoms with Crippen LogP contribution in [0.15, 0.2) is 92.6 Å². The zero-order chi connectivity index (χ0) is 26.9. The summed E-state index contributed by atoms with van der Waals surface area (Å²) in [7, 11) is 0. The standard InChI is InChI=1S/C7H7N5.C7H11N5.C5H5IN2.C2H3N3/c8-6-3-7(5-9-4-6)12-10-1-2-11-12;8-1-2-12(10)7-3-6(9)4-11-5-7;6-4-1-5(7)3-8-2-4;1-2-4-5-3-1/h1-5H,8H2;1-5H,8-10H2;1-3H,7H2;1-2H,(H,3,4,5)/b;2-1-;;. The Hall–Kier alpha value is -4.84. The highest BCUT2D eigenvalue weighted by molar-refractivity contribution is 14.1. The minimum absolute atomic E-state index is 0.563. The van der Waals surface area contributed by atoms with Crippen molar-refractivity contribution in [3.8, 4) is 5.69 Å². The van der Waals surface area contributed by atoms with E-state index in [0.29, 0.717) is 17.1 Å². The van der Waals surface area contributed by atoms with E-state index in [1.54, 1.807) is 74.1 Å². The predicted octanol–water partition coefficient (Wildman–Crippen LogP) is 1.09. The van der Waals surface area contributed by atoms with Gasteiger partial charge in [-0.25, -0.2) is 5.84 Å². The Labute approximate surface area is 225 Å². The van der Waals surface area contributed by atoms with Crippen molar-refractivity contribution in [2.75, 3.05) is 22.2 Å². The zero-order valence-electron chi connectivity index (χ0n) is 19.4. The molecule has 0 saturated heterocycles. The molecule has 192 valence electrons. The lowest BCUT2D eigenvalue weighted by molar-refractivity contribution is 0.749. The van der Waals surface area contributed by atoms with Crippen molar-refractivity contribution in [2.45, 2.75) is 0 Å². The van der Waals surface area contributed by atoms with E-state index in [2.05, 4.69) is 63.2 Å². The van der Waals surface area contributed by atoms with E-state index in [1.807, 2.05) is 6.07 Å². The van der Waals surface area contributed by atoms with E-state index >= 15 is 0 Å². The molecule has 5 rings (SSSR count). The number of nitrogens with zero attached hydrogens (tertiary/aromatic N) is 9. The Morgan fingerprint density at radius 1 is 0.757 bits per heavy atom. The lowest BCUT2D eigenvalue weighted by Crippen LogP contribution is -2.24. The first-order valence-corrected chi connectivity index (χ1v) is 11.3. The largest absolute Gasteiger partial charge is 0.403 e. The third-order valence-electron chi connectivity index (χ3n) is 3.74. The average Bonchev–Trinajstić information content (AvgIpc) is 3.62. The molecule has 0 atom stereocenters. The minimum atomic E-state index is 0.563. The summed E-state index contributed by atoms with van der Waals surface area (Å²) in [5.41, 5.74) is 24.9. The molecule has 0 saturated carbocycles. The molecule has 0 aliphatic rings. The lowest BCUT2D eigenvalue weighted by atomic mass is 10.4. The molecule has 0 radical (unpaired) electrons. The SMILES string of the molecule is N/C=C\N(N)c1cncc(N)c1.Nc1cncc(-n2nccn2)c1.Nc1cncc(I)c1.c1cn[nH]n1. The molecule has 16 heteroatoms. The number of aromatic nitrogens is 9. The monoisotopic (exact) mass is 615 g/mol. The fraction of sp³-hybridized carbons (Fsp3) is 0. The number of rotatable bonds is 3. The Morgan fingerprint density at radius 3 is 1.78 bits per heavy atom. The second-order valence-electron chi connectivity index (χ2n) is 6.61. The second-order valence-corrected chi connectivity index (χ2v) is 7.86. The summed E-state index contributed by atoms with van der Waals surface area (Å²) >= 11 is 2.16. The molecule has 0 aromatic carbocycles. The third kappa shape index (κ3) is 11.4. The number of halogens is 1. The molecule has 0 aliphatic carbocycles. The van der Waals surface area contributed by atoms with Gasteiger partial charge < -0.3 is 22.9 Å². The van der Waals surface area contributed by atoms with Crippen molar-refractivity contribution in [3.63, 3.8) is 0 Å². The van der Waals surface area contributed by atoms with Crippen LogP contribution in [0.3, 0.4) is 0 Å². The normalized spacial score (nSPS) is 9.68. The maximum Gasteiger partial charge on any atom is 0.106 e. The van der Waals surface area contributed by atoms with Gasteiger partial charge in [-0.1, -0.05) is 0 Å². The van der Waals surface area contributed by atoms with E-state index in [0.717, 1.165) is 14.9 Å². The van der Waals surface area contributed by atoms with Crippen molar-refractivity contribution >= 4 is 45.3 Å². The number of anilines is 4. The number of hydrogen-bond acceptors (Lipinski definition) is 13. The van der Waals surface area contributed by atoms with Gasteiger partial charge in [0.05, 0.1) is 59.9 Å². The van der Waals surface area contributed by atoms with Crippen molar-refractivity contribution in [3.05, 3.63) is 96.1 Å². The van der Waals surface area contributed by atoms with Crippen LogP contribution in [0.2, 0.25) is 0 Å². The number of aromatic amines is 1. The molecule has 0 fully saturated rings. The van der Waals surface area contributed by atoms with Crippen LogP contribution >= 0.6 is 22.6 Å². The van der Waals surface area contributed by atoms with Gasteiger partial charge in [0.1, 0.15) is 5.69 Å². The van der Waals surface area contributed by atoms with Crippen LogP contribution in [0.4, 0.5) is 22.7 Å². The average molecular weight is 615 g/mol. The van der Waals surface area contributed by atoms with Crippen LogP contribution in [0.5, 0.6) is 0 Å².